The van der Waals surface area contributed by atoms with Gasteiger partial charge in [-0.3, -0.25) is 0 Å². The van der Waals surface area contributed by atoms with Crippen LogP contribution >= 0.6 is 0 Å². The van der Waals surface area contributed by atoms with Crippen LogP contribution in [0.15, 0.2) is 48.5 Å². The number of aliphatic hydroxyl groups is 1. The van der Waals surface area contributed by atoms with Gasteiger partial charge in [0.2, 0.25) is 0 Å². The molecule has 0 amide bonds. The van der Waals surface area contributed by atoms with Crippen molar-refractivity contribution in [3.63, 3.8) is 0 Å². The topological polar surface area (TPSA) is 46.2 Å². The molecule has 2 aromatic carbocycles. The highest BCUT2D eigenvalue weighted by molar-refractivity contribution is 5.31. The lowest BCUT2D eigenvalue weighted by Gasteiger charge is -2.31. The number of hydrogen-bond acceptors (Lipinski definition) is 2. The number of rotatable bonds is 5. The minimum absolute atomic E-state index is 0.142. The van der Waals surface area contributed by atoms with Gasteiger partial charge in [-0.25, -0.2) is 8.78 Å². The molecule has 0 bridgehead atoms. The largest absolute Gasteiger partial charge is 0.395 e. The van der Waals surface area contributed by atoms with E-state index in [2.05, 4.69) is 0 Å². The zero-order valence-electron chi connectivity index (χ0n) is 11.0. The summed E-state index contributed by atoms with van der Waals surface area (Å²) < 4.78 is 26.7. The molecule has 0 spiro atoms. The molecule has 106 valence electrons. The van der Waals surface area contributed by atoms with Crippen LogP contribution in [0.5, 0.6) is 0 Å². The maximum atomic E-state index is 13.4. The molecule has 4 heteroatoms. The van der Waals surface area contributed by atoms with Gasteiger partial charge in [-0.15, -0.1) is 0 Å². The van der Waals surface area contributed by atoms with E-state index in [0.717, 1.165) is 0 Å². The predicted molar refractivity (Wildman–Crippen MR) is 74.3 cm³/mol. The Bertz CT molecular complexity index is 582. The SMILES string of the molecule is NCC(CO)(Cc1cccc(F)c1)c1cccc(F)c1. The van der Waals surface area contributed by atoms with Crippen LogP contribution in [0.3, 0.4) is 0 Å². The molecule has 2 aromatic rings. The van der Waals surface area contributed by atoms with Gasteiger partial charge in [0.1, 0.15) is 11.6 Å². The fraction of sp³-hybridized carbons (Fsp3) is 0.250. The van der Waals surface area contributed by atoms with Crippen molar-refractivity contribution in [3.8, 4) is 0 Å². The molecule has 20 heavy (non-hydrogen) atoms. The molecular formula is C16H17F2NO. The highest BCUT2D eigenvalue weighted by Crippen LogP contribution is 2.28. The van der Waals surface area contributed by atoms with E-state index in [1.807, 2.05) is 0 Å². The maximum Gasteiger partial charge on any atom is 0.123 e. The molecular weight excluding hydrogens is 260 g/mol. The van der Waals surface area contributed by atoms with E-state index in [9.17, 15) is 13.9 Å². The van der Waals surface area contributed by atoms with Gasteiger partial charge in [0.15, 0.2) is 0 Å². The Morgan fingerprint density at radius 1 is 1.00 bits per heavy atom. The van der Waals surface area contributed by atoms with Crippen LogP contribution in [0, 0.1) is 11.6 Å². The third kappa shape index (κ3) is 3.03. The highest BCUT2D eigenvalue weighted by Gasteiger charge is 2.31. The zero-order chi connectivity index (χ0) is 14.6. The molecule has 0 aliphatic heterocycles. The average Bonchev–Trinajstić information content (AvgIpc) is 2.45. The molecule has 0 radical (unpaired) electrons. The zero-order valence-corrected chi connectivity index (χ0v) is 11.0. The molecule has 0 aliphatic rings. The highest BCUT2D eigenvalue weighted by atomic mass is 19.1. The van der Waals surface area contributed by atoms with Gasteiger partial charge in [-0.1, -0.05) is 24.3 Å². The molecule has 0 aliphatic carbocycles. The van der Waals surface area contributed by atoms with Gasteiger partial charge >= 0.3 is 0 Å². The molecule has 2 rings (SSSR count). The monoisotopic (exact) mass is 277 g/mol. The first-order chi connectivity index (χ1) is 9.59. The summed E-state index contributed by atoms with van der Waals surface area (Å²) in [5.41, 5.74) is 6.33. The molecule has 0 heterocycles. The van der Waals surface area contributed by atoms with E-state index in [-0.39, 0.29) is 24.8 Å². The lowest BCUT2D eigenvalue weighted by Crippen LogP contribution is -2.41. The van der Waals surface area contributed by atoms with Gasteiger partial charge < -0.3 is 10.8 Å². The Labute approximate surface area is 116 Å². The molecule has 3 N–H and O–H groups in total. The van der Waals surface area contributed by atoms with Crippen LogP contribution in [-0.4, -0.2) is 18.3 Å². The van der Waals surface area contributed by atoms with Gasteiger partial charge in [-0.05, 0) is 41.8 Å². The van der Waals surface area contributed by atoms with Crippen molar-refractivity contribution in [2.24, 2.45) is 5.73 Å². The van der Waals surface area contributed by atoms with Crippen molar-refractivity contribution >= 4 is 0 Å². The molecule has 0 saturated carbocycles. The van der Waals surface area contributed by atoms with Crippen molar-refractivity contribution in [3.05, 3.63) is 71.3 Å². The lowest BCUT2D eigenvalue weighted by molar-refractivity contribution is 0.195. The first-order valence-corrected chi connectivity index (χ1v) is 6.41. The van der Waals surface area contributed by atoms with E-state index in [1.54, 1.807) is 24.3 Å². The standard InChI is InChI=1S/C16H17F2NO/c17-14-5-1-3-12(7-14)9-16(10-19,11-20)13-4-2-6-15(18)8-13/h1-8,20H,9-11,19H2. The Kier molecular flexibility index (Phi) is 4.47. The molecule has 0 saturated heterocycles. The smallest absolute Gasteiger partial charge is 0.123 e. The molecule has 0 fully saturated rings. The Hall–Kier alpha value is -1.78. The normalized spacial score (nSPS) is 14.0. The minimum atomic E-state index is -0.810. The van der Waals surface area contributed by atoms with Gasteiger partial charge in [0, 0.05) is 12.0 Å². The Balaban J connectivity index is 2.39. The van der Waals surface area contributed by atoms with Crippen LogP contribution in [-0.2, 0) is 11.8 Å². The van der Waals surface area contributed by atoms with Crippen molar-refractivity contribution in [1.29, 1.82) is 0 Å². The van der Waals surface area contributed by atoms with Crippen LogP contribution in [0.25, 0.3) is 0 Å². The van der Waals surface area contributed by atoms with Gasteiger partial charge in [0.05, 0.1) is 6.61 Å². The van der Waals surface area contributed by atoms with Crippen LogP contribution in [0.2, 0.25) is 0 Å². The summed E-state index contributed by atoms with van der Waals surface area (Å²) in [4.78, 5) is 0. The van der Waals surface area contributed by atoms with Gasteiger partial charge in [-0.2, -0.15) is 0 Å². The van der Waals surface area contributed by atoms with Crippen LogP contribution in [0.4, 0.5) is 8.78 Å². The summed E-state index contributed by atoms with van der Waals surface area (Å²) >= 11 is 0. The van der Waals surface area contributed by atoms with Crippen molar-refractivity contribution in [1.82, 2.24) is 0 Å². The summed E-state index contributed by atoms with van der Waals surface area (Å²) in [7, 11) is 0. The van der Waals surface area contributed by atoms with Gasteiger partial charge in [0.25, 0.3) is 0 Å². The Morgan fingerprint density at radius 2 is 1.65 bits per heavy atom. The summed E-state index contributed by atoms with van der Waals surface area (Å²) in [6.07, 6.45) is 0.348. The van der Waals surface area contributed by atoms with E-state index in [4.69, 9.17) is 5.73 Å². The summed E-state index contributed by atoms with van der Waals surface area (Å²) in [6, 6.07) is 12.1. The van der Waals surface area contributed by atoms with Crippen molar-refractivity contribution < 1.29 is 13.9 Å². The molecule has 1 unspecified atom stereocenters. The average molecular weight is 277 g/mol. The summed E-state index contributed by atoms with van der Waals surface area (Å²) in [5.74, 6) is -0.723. The second-order valence-corrected chi connectivity index (χ2v) is 4.96. The first kappa shape index (κ1) is 14.6. The minimum Gasteiger partial charge on any atom is -0.395 e. The number of benzene rings is 2. The fourth-order valence-electron chi connectivity index (χ4n) is 2.36. The predicted octanol–water partition coefficient (Wildman–Crippen LogP) is 2.40. The molecule has 0 aromatic heterocycles. The number of halogens is 2. The van der Waals surface area contributed by atoms with Crippen molar-refractivity contribution in [2.45, 2.75) is 11.8 Å². The summed E-state index contributed by atoms with van der Waals surface area (Å²) in [5, 5.41) is 9.76. The van der Waals surface area contributed by atoms with E-state index in [1.165, 1.54) is 24.3 Å². The van der Waals surface area contributed by atoms with Crippen LogP contribution in [0.1, 0.15) is 11.1 Å². The first-order valence-electron chi connectivity index (χ1n) is 6.41. The fourth-order valence-corrected chi connectivity index (χ4v) is 2.36. The molecule has 1 atom stereocenters. The molecule has 2 nitrogen and oxygen atoms in total. The quantitative estimate of drug-likeness (QED) is 0.881. The number of nitrogens with two attached hydrogens (primary N) is 1. The van der Waals surface area contributed by atoms with Crippen LogP contribution < -0.4 is 5.73 Å². The lowest BCUT2D eigenvalue weighted by atomic mass is 9.76. The van der Waals surface area contributed by atoms with E-state index >= 15 is 0 Å². The Morgan fingerprint density at radius 3 is 2.20 bits per heavy atom. The number of hydrogen-bond donors (Lipinski definition) is 2. The van der Waals surface area contributed by atoms with E-state index < -0.39 is 5.41 Å². The van der Waals surface area contributed by atoms with Crippen molar-refractivity contribution in [2.75, 3.05) is 13.2 Å². The third-order valence-corrected chi connectivity index (χ3v) is 3.56. The summed E-state index contributed by atoms with van der Waals surface area (Å²) in [6.45, 7) is -0.0903. The van der Waals surface area contributed by atoms with E-state index in [0.29, 0.717) is 17.5 Å². The maximum absolute atomic E-state index is 13.4. The second-order valence-electron chi connectivity index (χ2n) is 4.96. The second kappa shape index (κ2) is 6.11. The number of aliphatic hydroxyl groups excluding tert-OH is 1. The third-order valence-electron chi connectivity index (χ3n) is 3.56.